The lowest BCUT2D eigenvalue weighted by molar-refractivity contribution is -0.114. The van der Waals surface area contributed by atoms with Gasteiger partial charge in [0, 0.05) is 11.9 Å². The molecule has 19 heavy (non-hydrogen) atoms. The molecule has 0 saturated heterocycles. The van der Waals surface area contributed by atoms with E-state index < -0.39 is 17.5 Å². The summed E-state index contributed by atoms with van der Waals surface area (Å²) in [4.78, 5) is 25.2. The van der Waals surface area contributed by atoms with Gasteiger partial charge in [-0.05, 0) is 30.4 Å². The van der Waals surface area contributed by atoms with E-state index in [9.17, 15) is 14.0 Å². The quantitative estimate of drug-likeness (QED) is 0.633. The molecular formula is C14H13BrFNO2. The molecule has 1 amide bonds. The number of para-hydroxylation sites is 1. The number of ketones is 1. The van der Waals surface area contributed by atoms with E-state index >= 15 is 0 Å². The zero-order chi connectivity index (χ0) is 13.6. The van der Waals surface area contributed by atoms with Crippen molar-refractivity contribution < 1.29 is 14.0 Å². The van der Waals surface area contributed by atoms with Gasteiger partial charge in [-0.25, -0.2) is 4.39 Å². The summed E-state index contributed by atoms with van der Waals surface area (Å²) in [6.07, 6.45) is 3.12. The summed E-state index contributed by atoms with van der Waals surface area (Å²) in [7, 11) is 0. The van der Waals surface area contributed by atoms with Crippen molar-refractivity contribution >= 4 is 33.3 Å². The van der Waals surface area contributed by atoms with Gasteiger partial charge in [0.25, 0.3) is 11.7 Å². The highest BCUT2D eigenvalue weighted by atomic mass is 79.9. The third-order valence-corrected chi connectivity index (χ3v) is 5.32. The molecule has 1 fully saturated rings. The number of alkyl halides is 1. The lowest BCUT2D eigenvalue weighted by Crippen LogP contribution is -2.45. The Morgan fingerprint density at radius 2 is 2.05 bits per heavy atom. The molecule has 0 bridgehead atoms. The zero-order valence-corrected chi connectivity index (χ0v) is 11.9. The van der Waals surface area contributed by atoms with E-state index in [1.165, 1.54) is 23.1 Å². The molecule has 5 heteroatoms. The van der Waals surface area contributed by atoms with Crippen LogP contribution in [0.2, 0.25) is 0 Å². The van der Waals surface area contributed by atoms with Crippen LogP contribution in [0.1, 0.15) is 29.6 Å². The first kappa shape index (κ1) is 12.8. The first-order chi connectivity index (χ1) is 9.08. The van der Waals surface area contributed by atoms with Crippen molar-refractivity contribution in [2.45, 2.75) is 19.3 Å². The number of benzene rings is 1. The number of Topliss-reactive ketones (excluding diaryl/α,β-unsaturated/α-hetero) is 1. The Morgan fingerprint density at radius 1 is 1.32 bits per heavy atom. The predicted octanol–water partition coefficient (Wildman–Crippen LogP) is 2.92. The monoisotopic (exact) mass is 325 g/mol. The number of hydrogen-bond donors (Lipinski definition) is 0. The molecule has 1 aromatic carbocycles. The first-order valence-electron chi connectivity index (χ1n) is 6.29. The molecule has 0 unspecified atom stereocenters. The van der Waals surface area contributed by atoms with Crippen molar-refractivity contribution in [1.29, 1.82) is 0 Å². The number of carbonyl (C=O) groups excluding carboxylic acids is 2. The fourth-order valence-electron chi connectivity index (χ4n) is 2.81. The van der Waals surface area contributed by atoms with Crippen molar-refractivity contribution in [1.82, 2.24) is 0 Å². The van der Waals surface area contributed by atoms with Gasteiger partial charge >= 0.3 is 0 Å². The molecule has 3 nitrogen and oxygen atoms in total. The van der Waals surface area contributed by atoms with Crippen LogP contribution < -0.4 is 4.90 Å². The van der Waals surface area contributed by atoms with Crippen LogP contribution in [0.4, 0.5) is 10.1 Å². The van der Waals surface area contributed by atoms with Gasteiger partial charge in [0.1, 0.15) is 5.82 Å². The molecule has 0 radical (unpaired) electrons. The SMILES string of the molecule is O=C1C(=O)N(CC2(CBr)CCC2)c2c(F)cccc21. The van der Waals surface area contributed by atoms with Crippen molar-refractivity contribution in [2.24, 2.45) is 5.41 Å². The maximum absolute atomic E-state index is 13.9. The van der Waals surface area contributed by atoms with E-state index in [0.29, 0.717) is 6.54 Å². The number of hydrogen-bond acceptors (Lipinski definition) is 2. The van der Waals surface area contributed by atoms with Gasteiger partial charge in [0.05, 0.1) is 11.3 Å². The summed E-state index contributed by atoms with van der Waals surface area (Å²) in [5.74, 6) is -1.70. The molecule has 0 N–H and O–H groups in total. The summed E-state index contributed by atoms with van der Waals surface area (Å²) < 4.78 is 13.9. The Balaban J connectivity index is 1.99. The van der Waals surface area contributed by atoms with Crippen molar-refractivity contribution in [3.63, 3.8) is 0 Å². The topological polar surface area (TPSA) is 37.4 Å². The number of rotatable bonds is 3. The first-order valence-corrected chi connectivity index (χ1v) is 7.41. The summed E-state index contributed by atoms with van der Waals surface area (Å²) in [5, 5.41) is 0.766. The molecule has 1 heterocycles. The second-order valence-corrected chi connectivity index (χ2v) is 5.90. The van der Waals surface area contributed by atoms with Crippen LogP contribution in [0.25, 0.3) is 0 Å². The largest absolute Gasteiger partial charge is 0.301 e. The molecule has 3 rings (SSSR count). The molecule has 0 aromatic heterocycles. The Hall–Kier alpha value is -1.23. The molecule has 1 aromatic rings. The minimum absolute atomic E-state index is 0.0141. The lowest BCUT2D eigenvalue weighted by Gasteiger charge is -2.43. The highest BCUT2D eigenvalue weighted by molar-refractivity contribution is 9.09. The fourth-order valence-corrected chi connectivity index (χ4v) is 3.55. The summed E-state index contributed by atoms with van der Waals surface area (Å²) >= 11 is 3.47. The molecule has 1 aliphatic carbocycles. The third-order valence-electron chi connectivity index (χ3n) is 4.13. The number of anilines is 1. The minimum Gasteiger partial charge on any atom is -0.301 e. The number of halogens is 2. The van der Waals surface area contributed by atoms with Crippen LogP contribution in [0.3, 0.4) is 0 Å². The third kappa shape index (κ3) is 1.83. The van der Waals surface area contributed by atoms with Crippen LogP contribution >= 0.6 is 15.9 Å². The molecule has 0 atom stereocenters. The Kier molecular flexibility index (Phi) is 2.96. The van der Waals surface area contributed by atoms with E-state index in [0.717, 1.165) is 24.6 Å². The summed E-state index contributed by atoms with van der Waals surface area (Å²) in [5.41, 5.74) is 0.332. The molecule has 2 aliphatic rings. The highest BCUT2D eigenvalue weighted by Gasteiger charge is 2.44. The predicted molar refractivity (Wildman–Crippen MR) is 73.2 cm³/mol. The molecular weight excluding hydrogens is 313 g/mol. The van der Waals surface area contributed by atoms with Crippen molar-refractivity contribution in [3.05, 3.63) is 29.6 Å². The number of fused-ring (bicyclic) bond motifs is 1. The molecule has 0 spiro atoms. The maximum atomic E-state index is 13.9. The number of nitrogens with zero attached hydrogens (tertiary/aromatic N) is 1. The van der Waals surface area contributed by atoms with Crippen LogP contribution in [0, 0.1) is 11.2 Å². The fraction of sp³-hybridized carbons (Fsp3) is 0.429. The molecule has 1 aliphatic heterocycles. The van der Waals surface area contributed by atoms with Gasteiger partial charge in [-0.3, -0.25) is 9.59 Å². The standard InChI is InChI=1S/C14H13BrFNO2/c15-7-14(5-2-6-14)8-17-11-9(12(18)13(17)19)3-1-4-10(11)16/h1,3-4H,2,5-8H2. The van der Waals surface area contributed by atoms with Gasteiger partial charge < -0.3 is 4.90 Å². The van der Waals surface area contributed by atoms with Gasteiger partial charge in [-0.2, -0.15) is 0 Å². The van der Waals surface area contributed by atoms with Crippen LogP contribution in [-0.2, 0) is 4.79 Å². The Morgan fingerprint density at radius 3 is 2.63 bits per heavy atom. The summed E-state index contributed by atoms with van der Waals surface area (Å²) in [6.45, 7) is 0.413. The minimum atomic E-state index is -0.604. The smallest absolute Gasteiger partial charge is 0.299 e. The van der Waals surface area contributed by atoms with Crippen molar-refractivity contribution in [2.75, 3.05) is 16.8 Å². The normalized spacial score (nSPS) is 20.4. The maximum Gasteiger partial charge on any atom is 0.299 e. The average molecular weight is 326 g/mol. The molecule has 1 saturated carbocycles. The Labute approximate surface area is 118 Å². The lowest BCUT2D eigenvalue weighted by atomic mass is 9.70. The van der Waals surface area contributed by atoms with Gasteiger partial charge in [-0.15, -0.1) is 0 Å². The van der Waals surface area contributed by atoms with Gasteiger partial charge in [0.15, 0.2) is 0 Å². The highest BCUT2D eigenvalue weighted by Crippen LogP contribution is 2.45. The van der Waals surface area contributed by atoms with E-state index in [4.69, 9.17) is 0 Å². The Bertz CT molecular complexity index is 563. The number of amides is 1. The van der Waals surface area contributed by atoms with E-state index in [2.05, 4.69) is 15.9 Å². The van der Waals surface area contributed by atoms with Crippen molar-refractivity contribution in [3.8, 4) is 0 Å². The zero-order valence-electron chi connectivity index (χ0n) is 10.3. The second-order valence-electron chi connectivity index (χ2n) is 5.34. The van der Waals surface area contributed by atoms with E-state index in [-0.39, 0.29) is 16.7 Å². The number of carbonyl (C=O) groups is 2. The summed E-state index contributed by atoms with van der Waals surface area (Å²) in [6, 6.07) is 4.27. The van der Waals surface area contributed by atoms with E-state index in [1.807, 2.05) is 0 Å². The van der Waals surface area contributed by atoms with Crippen LogP contribution in [0.5, 0.6) is 0 Å². The molecule has 100 valence electrons. The van der Waals surface area contributed by atoms with Gasteiger partial charge in [0.2, 0.25) is 0 Å². The second kappa shape index (κ2) is 4.40. The van der Waals surface area contributed by atoms with Crippen LogP contribution in [0.15, 0.2) is 18.2 Å². The van der Waals surface area contributed by atoms with Gasteiger partial charge in [-0.1, -0.05) is 28.4 Å². The average Bonchev–Trinajstić information content (AvgIpc) is 2.60. The van der Waals surface area contributed by atoms with E-state index in [1.54, 1.807) is 0 Å². The van der Waals surface area contributed by atoms with Crippen LogP contribution in [-0.4, -0.2) is 23.6 Å².